The topological polar surface area (TPSA) is 289 Å². The molecule has 2 aliphatic rings. The van der Waals surface area contributed by atoms with E-state index in [1.807, 2.05) is 0 Å². The van der Waals surface area contributed by atoms with Crippen molar-refractivity contribution in [2.24, 2.45) is 4.99 Å². The van der Waals surface area contributed by atoms with Crippen molar-refractivity contribution < 1.29 is 39.0 Å². The third-order valence-corrected chi connectivity index (χ3v) is 4.90. The van der Waals surface area contributed by atoms with E-state index in [4.69, 9.17) is 5.11 Å². The monoisotopic (exact) mass is 698 g/mol. The molecule has 1 saturated heterocycles. The highest BCUT2D eigenvalue weighted by molar-refractivity contribution is 7.80. The van der Waals surface area contributed by atoms with E-state index in [1.54, 1.807) is 0 Å². The Hall–Kier alpha value is -5.54. The second-order valence-corrected chi connectivity index (χ2v) is 8.94. The number of hydrogen-bond donors (Lipinski definition) is 9. The molecule has 1 fully saturated rings. The third-order valence-electron chi connectivity index (χ3n) is 4.29. The largest absolute Gasteiger partial charge is 0.494 e. The number of nitrogens with zero attached hydrogens (tertiary/aromatic N) is 1. The van der Waals surface area contributed by atoms with E-state index in [2.05, 4.69) is 77.5 Å². The fraction of sp³-hybridized carbons (Fsp3) is 0.200. The van der Waals surface area contributed by atoms with Crippen LogP contribution in [-0.4, -0.2) is 77.3 Å². The summed E-state index contributed by atoms with van der Waals surface area (Å²) in [6.45, 7) is 1.49. The number of carbonyl (C=O) groups excluding carboxylic acids is 6. The second-order valence-electron chi connectivity index (χ2n) is 7.71. The summed E-state index contributed by atoms with van der Waals surface area (Å²) in [6, 6.07) is 1.01. The number of aromatic nitrogens is 4. The predicted octanol–water partition coefficient (Wildman–Crippen LogP) is 0.244. The van der Waals surface area contributed by atoms with E-state index in [9.17, 15) is 43.5 Å². The standard InChI is InChI=1S/C12H10N4O4S.2C4H4N2O2S.C3H4O2.2CH4/c1-5-13-8(17)6(9(18)14-5)3-2-4-7-10(19)15-12(21)16-11(7)20;2*7-2-1-3(8)6-4(9)5-2;4-2-1-3-5;;/h2-4H,1H3,(H,13,14,17,18)(H3,15,16,19,20,21);1H2,(H2,5,6,7,8,9);1H,(H3,5,6,7,8,9);2-3H,1H2;2*1H4. The van der Waals surface area contributed by atoms with Crippen LogP contribution in [0.15, 0.2) is 38.4 Å². The molecule has 0 bridgehead atoms. The van der Waals surface area contributed by atoms with Crippen LogP contribution in [0, 0.1) is 9.54 Å². The fourth-order valence-corrected chi connectivity index (χ4v) is 3.23. The van der Waals surface area contributed by atoms with Gasteiger partial charge in [0.15, 0.2) is 20.5 Å². The molecule has 4 amide bonds. The minimum Gasteiger partial charge on any atom is -0.494 e. The molecule has 248 valence electrons. The Labute approximate surface area is 275 Å². The second kappa shape index (κ2) is 21.2. The number of carbonyl (C=O) groups is 6. The van der Waals surface area contributed by atoms with E-state index in [0.29, 0.717) is 12.6 Å². The summed E-state index contributed by atoms with van der Waals surface area (Å²) >= 11 is 13.7. The fourth-order valence-electron chi connectivity index (χ4n) is 2.61. The lowest BCUT2D eigenvalue weighted by Crippen LogP contribution is -2.49. The van der Waals surface area contributed by atoms with Gasteiger partial charge >= 0.3 is 0 Å². The Balaban J connectivity index is 0. The first-order chi connectivity index (χ1) is 20.7. The van der Waals surface area contributed by atoms with Gasteiger partial charge in [-0.2, -0.15) is 4.99 Å². The zero-order chi connectivity index (χ0) is 33.4. The number of allylic oxidation sites excluding steroid dienone is 2. The molecule has 4 heterocycles. The summed E-state index contributed by atoms with van der Waals surface area (Å²) in [5, 5.41) is 25.2. The van der Waals surface area contributed by atoms with Crippen molar-refractivity contribution in [1.82, 2.24) is 35.9 Å². The number of aliphatic imine (C=N–C) groups is 1. The Kier molecular flexibility index (Phi) is 19.6. The van der Waals surface area contributed by atoms with Crippen molar-refractivity contribution in [3.63, 3.8) is 0 Å². The van der Waals surface area contributed by atoms with E-state index in [-0.39, 0.29) is 77.0 Å². The van der Waals surface area contributed by atoms with Crippen LogP contribution in [0.1, 0.15) is 40.2 Å². The summed E-state index contributed by atoms with van der Waals surface area (Å²) in [5.41, 5.74) is -1.25. The summed E-state index contributed by atoms with van der Waals surface area (Å²) in [4.78, 5) is 97.1. The molecule has 9 N–H and O–H groups in total. The average molecular weight is 699 g/mol. The molecule has 21 heteroatoms. The van der Waals surface area contributed by atoms with Crippen LogP contribution >= 0.6 is 36.7 Å². The molecule has 2 aliphatic heterocycles. The van der Waals surface area contributed by atoms with E-state index < -0.39 is 28.8 Å². The Morgan fingerprint density at radius 2 is 1.41 bits per heavy atom. The normalized spacial score (nSPS) is 14.1. The molecule has 0 saturated carbocycles. The first-order valence-corrected chi connectivity index (χ1v) is 12.8. The zero-order valence-corrected chi connectivity index (χ0v) is 24.7. The Bertz CT molecular complexity index is 1720. The number of amides is 4. The van der Waals surface area contributed by atoms with Gasteiger partial charge < -0.3 is 45.7 Å². The zero-order valence-electron chi connectivity index (χ0n) is 22.2. The number of amidine groups is 1. The molecule has 2 aromatic heterocycles. The molecule has 0 radical (unpaired) electrons. The minimum atomic E-state index is -0.675. The minimum absolute atomic E-state index is 0. The number of hydrogen-bond acceptors (Lipinski definition) is 13. The number of aromatic amines is 4. The number of nitrogens with one attached hydrogen (secondary N) is 7. The highest BCUT2D eigenvalue weighted by atomic mass is 32.1. The van der Waals surface area contributed by atoms with Crippen LogP contribution in [0.4, 0.5) is 0 Å². The molecule has 0 spiro atoms. The van der Waals surface area contributed by atoms with Crippen LogP contribution < -0.4 is 27.1 Å². The van der Waals surface area contributed by atoms with Gasteiger partial charge in [0.05, 0.1) is 18.1 Å². The molecule has 18 nitrogen and oxygen atoms in total. The number of aldehydes is 2. The van der Waals surface area contributed by atoms with Gasteiger partial charge in [-0.05, 0) is 55.7 Å². The lowest BCUT2D eigenvalue weighted by atomic mass is 10.1. The Morgan fingerprint density at radius 1 is 0.848 bits per heavy atom. The molecule has 0 atom stereocenters. The first kappa shape index (κ1) is 42.6. The van der Waals surface area contributed by atoms with Crippen LogP contribution in [-0.2, 0) is 28.8 Å². The lowest BCUT2D eigenvalue weighted by Gasteiger charge is -2.12. The SMILES string of the molecule is C.C.CC1=NC(=O)C(=CC=Cc2c(O)[nH]c(=S)[nH]c2=O)C(=O)N1.O=C1CC(=O)NC(=S)N1.O=CCC=O.O=c1cc(O)[nH]c(=S)[nH]1. The molecule has 2 aromatic rings. The maximum atomic E-state index is 11.6. The Morgan fingerprint density at radius 3 is 1.85 bits per heavy atom. The van der Waals surface area contributed by atoms with Crippen molar-refractivity contribution >= 4 is 89.9 Å². The highest BCUT2D eigenvalue weighted by Crippen LogP contribution is 2.10. The number of thiocarbonyl (C=S) groups is 1. The number of aromatic hydroxyl groups is 2. The quantitative estimate of drug-likeness (QED) is 0.0681. The summed E-state index contributed by atoms with van der Waals surface area (Å²) in [5.74, 6) is -2.35. The van der Waals surface area contributed by atoms with Gasteiger partial charge in [0, 0.05) is 0 Å². The van der Waals surface area contributed by atoms with Crippen LogP contribution in [0.5, 0.6) is 11.8 Å². The smallest absolute Gasteiger partial charge is 0.284 e. The van der Waals surface area contributed by atoms with Gasteiger partial charge in [0.2, 0.25) is 17.7 Å². The molecule has 46 heavy (non-hydrogen) atoms. The maximum Gasteiger partial charge on any atom is 0.284 e. The molecule has 0 aliphatic carbocycles. The molecule has 0 unspecified atom stereocenters. The number of rotatable bonds is 4. The van der Waals surface area contributed by atoms with Gasteiger partial charge in [0.25, 0.3) is 22.9 Å². The van der Waals surface area contributed by atoms with Crippen molar-refractivity contribution in [2.75, 3.05) is 0 Å². The summed E-state index contributed by atoms with van der Waals surface area (Å²) in [6.07, 6.45) is 4.75. The van der Waals surface area contributed by atoms with Gasteiger partial charge in [-0.3, -0.25) is 38.7 Å². The maximum absolute atomic E-state index is 11.6. The van der Waals surface area contributed by atoms with E-state index >= 15 is 0 Å². The highest BCUT2D eigenvalue weighted by Gasteiger charge is 2.22. The molecular weight excluding hydrogens is 669 g/mol. The van der Waals surface area contributed by atoms with Crippen molar-refractivity contribution in [3.8, 4) is 11.8 Å². The van der Waals surface area contributed by atoms with E-state index in [0.717, 1.165) is 6.07 Å². The number of H-pyrrole nitrogens is 4. The van der Waals surface area contributed by atoms with Gasteiger partial charge in [-0.15, -0.1) is 0 Å². The van der Waals surface area contributed by atoms with E-state index in [1.165, 1.54) is 25.2 Å². The van der Waals surface area contributed by atoms with Crippen molar-refractivity contribution in [2.45, 2.75) is 34.6 Å². The summed E-state index contributed by atoms with van der Waals surface area (Å²) < 4.78 is 0.111. The molecule has 0 aromatic carbocycles. The molecule has 4 rings (SSSR count). The van der Waals surface area contributed by atoms with Gasteiger partial charge in [0.1, 0.15) is 30.4 Å². The van der Waals surface area contributed by atoms with Gasteiger partial charge in [-0.1, -0.05) is 20.9 Å². The van der Waals surface area contributed by atoms with Crippen molar-refractivity contribution in [3.05, 3.63) is 59.6 Å². The first-order valence-electron chi connectivity index (χ1n) is 11.5. The third kappa shape index (κ3) is 15.8. The lowest BCUT2D eigenvalue weighted by molar-refractivity contribution is -0.129. The van der Waals surface area contributed by atoms with Crippen molar-refractivity contribution in [1.29, 1.82) is 0 Å². The summed E-state index contributed by atoms with van der Waals surface area (Å²) in [7, 11) is 0. The molecular formula is C25H30N8O10S3. The predicted molar refractivity (Wildman–Crippen MR) is 175 cm³/mol. The van der Waals surface area contributed by atoms with Crippen LogP contribution in [0.2, 0.25) is 0 Å². The average Bonchev–Trinajstić information content (AvgIpc) is 2.87. The van der Waals surface area contributed by atoms with Crippen LogP contribution in [0.3, 0.4) is 0 Å². The van der Waals surface area contributed by atoms with Gasteiger partial charge in [-0.25, -0.2) is 0 Å². The van der Waals surface area contributed by atoms with Crippen LogP contribution in [0.25, 0.3) is 6.08 Å².